The molecule has 2 aliphatic rings. The number of hydrogen-bond donors (Lipinski definition) is 1. The second-order valence-electron chi connectivity index (χ2n) is 7.58. The Hall–Kier alpha value is -1.83. The highest BCUT2D eigenvalue weighted by molar-refractivity contribution is 5.91. The molecule has 2 fully saturated rings. The van der Waals surface area contributed by atoms with E-state index in [1.165, 1.54) is 0 Å². The minimum Gasteiger partial charge on any atom is -0.490 e. The zero-order chi connectivity index (χ0) is 19.2. The van der Waals surface area contributed by atoms with Gasteiger partial charge in [-0.2, -0.15) is 0 Å². The summed E-state index contributed by atoms with van der Waals surface area (Å²) in [7, 11) is 2.16. The molecule has 0 aromatic heterocycles. The van der Waals surface area contributed by atoms with Gasteiger partial charge in [-0.1, -0.05) is 12.1 Å². The Bertz CT molecular complexity index is 609. The van der Waals surface area contributed by atoms with Crippen LogP contribution in [0.25, 0.3) is 0 Å². The quantitative estimate of drug-likeness (QED) is 0.851. The molecule has 1 aromatic rings. The molecule has 1 aromatic carbocycles. The van der Waals surface area contributed by atoms with E-state index in [9.17, 15) is 4.79 Å². The summed E-state index contributed by atoms with van der Waals surface area (Å²) in [6.07, 6.45) is 0.101. The highest BCUT2D eigenvalue weighted by atomic mass is 16.5. The number of nitrogens with one attached hydrogen (secondary N) is 1. The summed E-state index contributed by atoms with van der Waals surface area (Å²) in [6.45, 7) is 11.0. The third-order valence-corrected chi connectivity index (χ3v) is 5.10. The van der Waals surface area contributed by atoms with Gasteiger partial charge in [0.2, 0.25) is 0 Å². The first kappa shape index (κ1) is 19.9. The summed E-state index contributed by atoms with van der Waals surface area (Å²) >= 11 is 0. The number of para-hydroxylation sites is 2. The van der Waals surface area contributed by atoms with Crippen molar-refractivity contribution in [2.75, 3.05) is 64.8 Å². The van der Waals surface area contributed by atoms with E-state index in [1.54, 1.807) is 4.90 Å². The number of nitrogens with zero attached hydrogens (tertiary/aromatic N) is 3. The van der Waals surface area contributed by atoms with Crippen molar-refractivity contribution in [1.82, 2.24) is 14.7 Å². The van der Waals surface area contributed by atoms with Crippen molar-refractivity contribution in [3.05, 3.63) is 24.3 Å². The minimum absolute atomic E-state index is 0.0505. The van der Waals surface area contributed by atoms with Crippen LogP contribution in [0.3, 0.4) is 0 Å². The number of urea groups is 1. The van der Waals surface area contributed by atoms with Crippen LogP contribution in [0, 0.1) is 0 Å². The maximum atomic E-state index is 12.7. The lowest BCUT2D eigenvalue weighted by Gasteiger charge is -2.35. The first-order valence-electron chi connectivity index (χ1n) is 9.85. The van der Waals surface area contributed by atoms with Gasteiger partial charge < -0.3 is 24.6 Å². The van der Waals surface area contributed by atoms with E-state index in [2.05, 4.69) is 22.2 Å². The molecule has 27 heavy (non-hydrogen) atoms. The van der Waals surface area contributed by atoms with Gasteiger partial charge >= 0.3 is 6.03 Å². The van der Waals surface area contributed by atoms with Crippen LogP contribution in [0.1, 0.15) is 13.8 Å². The minimum atomic E-state index is -0.105. The summed E-state index contributed by atoms with van der Waals surface area (Å²) in [5.74, 6) is 0.717. The Balaban J connectivity index is 1.52. The molecule has 2 aliphatic heterocycles. The molecule has 2 atom stereocenters. The molecular formula is C20H32N4O3. The maximum Gasteiger partial charge on any atom is 0.322 e. The molecular weight excluding hydrogens is 344 g/mol. The number of anilines is 1. The van der Waals surface area contributed by atoms with Gasteiger partial charge in [0.25, 0.3) is 0 Å². The first-order valence-corrected chi connectivity index (χ1v) is 9.85. The fourth-order valence-electron chi connectivity index (χ4n) is 3.59. The predicted octanol–water partition coefficient (Wildman–Crippen LogP) is 1.95. The zero-order valence-corrected chi connectivity index (χ0v) is 16.7. The van der Waals surface area contributed by atoms with Crippen LogP contribution in [0.2, 0.25) is 0 Å². The highest BCUT2D eigenvalue weighted by Crippen LogP contribution is 2.24. The third kappa shape index (κ3) is 5.82. The van der Waals surface area contributed by atoms with Crippen molar-refractivity contribution in [2.24, 2.45) is 0 Å². The number of hydrogen-bond acceptors (Lipinski definition) is 5. The van der Waals surface area contributed by atoms with Crippen molar-refractivity contribution in [2.45, 2.75) is 26.1 Å². The van der Waals surface area contributed by atoms with Gasteiger partial charge in [-0.25, -0.2) is 4.79 Å². The number of benzene rings is 1. The molecule has 0 spiro atoms. The molecule has 0 aliphatic carbocycles. The smallest absolute Gasteiger partial charge is 0.322 e. The molecule has 150 valence electrons. The van der Waals surface area contributed by atoms with E-state index < -0.39 is 0 Å². The van der Waals surface area contributed by atoms with Crippen LogP contribution in [0.15, 0.2) is 24.3 Å². The fraction of sp³-hybridized carbons (Fsp3) is 0.650. The maximum absolute atomic E-state index is 12.7. The summed E-state index contributed by atoms with van der Waals surface area (Å²) in [6, 6.07) is 7.53. The third-order valence-electron chi connectivity index (χ3n) is 5.10. The Labute approximate surface area is 162 Å². The predicted molar refractivity (Wildman–Crippen MR) is 106 cm³/mol. The number of likely N-dealkylation sites (N-methyl/N-ethyl adjacent to an activating group) is 1. The largest absolute Gasteiger partial charge is 0.490 e. The van der Waals surface area contributed by atoms with E-state index in [0.29, 0.717) is 31.1 Å². The highest BCUT2D eigenvalue weighted by Gasteiger charge is 2.26. The van der Waals surface area contributed by atoms with Crippen LogP contribution < -0.4 is 10.1 Å². The van der Waals surface area contributed by atoms with Gasteiger partial charge in [-0.05, 0) is 33.0 Å². The van der Waals surface area contributed by atoms with Crippen LogP contribution in [0.4, 0.5) is 10.5 Å². The van der Waals surface area contributed by atoms with Crippen molar-refractivity contribution >= 4 is 11.7 Å². The average molecular weight is 377 g/mol. The van der Waals surface area contributed by atoms with Crippen molar-refractivity contribution in [1.29, 1.82) is 0 Å². The van der Waals surface area contributed by atoms with Crippen LogP contribution >= 0.6 is 0 Å². The monoisotopic (exact) mass is 376 g/mol. The molecule has 2 saturated heterocycles. The van der Waals surface area contributed by atoms with Crippen molar-refractivity contribution in [3.8, 4) is 5.75 Å². The van der Waals surface area contributed by atoms with Crippen LogP contribution in [-0.4, -0.2) is 92.4 Å². The Morgan fingerprint density at radius 2 is 1.81 bits per heavy atom. The first-order chi connectivity index (χ1) is 13.0. The van der Waals surface area contributed by atoms with E-state index in [1.807, 2.05) is 38.1 Å². The summed E-state index contributed by atoms with van der Waals surface area (Å²) in [5, 5.41) is 3.00. The van der Waals surface area contributed by atoms with Gasteiger partial charge in [0.05, 0.1) is 17.9 Å². The van der Waals surface area contributed by atoms with Gasteiger partial charge in [0.15, 0.2) is 0 Å². The Kier molecular flexibility index (Phi) is 6.93. The standard InChI is InChI=1S/C20H32N4O3/c1-16-14-24(15-17(2)27-16)20(25)21-18-6-4-5-7-19(18)26-13-12-23-10-8-22(3)9-11-23/h4-7,16-17H,8-15H2,1-3H3,(H,21,25). The normalized spacial score (nSPS) is 24.6. The van der Waals surface area contributed by atoms with Crippen molar-refractivity contribution in [3.63, 3.8) is 0 Å². The molecule has 0 bridgehead atoms. The van der Waals surface area contributed by atoms with Gasteiger partial charge in [0, 0.05) is 45.8 Å². The van der Waals surface area contributed by atoms with E-state index in [0.717, 1.165) is 32.7 Å². The van der Waals surface area contributed by atoms with Crippen molar-refractivity contribution < 1.29 is 14.3 Å². The molecule has 2 unspecified atom stereocenters. The second-order valence-corrected chi connectivity index (χ2v) is 7.58. The van der Waals surface area contributed by atoms with Crippen LogP contribution in [-0.2, 0) is 4.74 Å². The lowest BCUT2D eigenvalue weighted by atomic mass is 10.2. The molecule has 2 amide bonds. The van der Waals surface area contributed by atoms with Gasteiger partial charge in [-0.15, -0.1) is 0 Å². The summed E-state index contributed by atoms with van der Waals surface area (Å²) in [5.41, 5.74) is 0.715. The Morgan fingerprint density at radius 3 is 2.52 bits per heavy atom. The summed E-state index contributed by atoms with van der Waals surface area (Å²) in [4.78, 5) is 19.2. The zero-order valence-electron chi connectivity index (χ0n) is 16.7. The molecule has 3 rings (SSSR count). The fourth-order valence-corrected chi connectivity index (χ4v) is 3.59. The van der Waals surface area contributed by atoms with E-state index >= 15 is 0 Å². The number of carbonyl (C=O) groups is 1. The number of ether oxygens (including phenoxy) is 2. The number of piperazine rings is 1. The SMILES string of the molecule is CC1CN(C(=O)Nc2ccccc2OCCN2CCN(C)CC2)CC(C)O1. The molecule has 7 heteroatoms. The number of morpholine rings is 1. The topological polar surface area (TPSA) is 57.3 Å². The van der Waals surface area contributed by atoms with Gasteiger partial charge in [-0.3, -0.25) is 4.90 Å². The molecule has 2 heterocycles. The van der Waals surface area contributed by atoms with Crippen LogP contribution in [0.5, 0.6) is 5.75 Å². The average Bonchev–Trinajstić information content (AvgIpc) is 2.64. The lowest BCUT2D eigenvalue weighted by Crippen LogP contribution is -2.49. The molecule has 1 N–H and O–H groups in total. The molecule has 0 saturated carbocycles. The summed E-state index contributed by atoms with van der Waals surface area (Å²) < 4.78 is 11.7. The Morgan fingerprint density at radius 1 is 1.15 bits per heavy atom. The molecule has 0 radical (unpaired) electrons. The van der Waals surface area contributed by atoms with E-state index in [4.69, 9.17) is 9.47 Å². The molecule has 7 nitrogen and oxygen atoms in total. The second kappa shape index (κ2) is 9.39. The van der Waals surface area contributed by atoms with E-state index in [-0.39, 0.29) is 18.2 Å². The van der Waals surface area contributed by atoms with Gasteiger partial charge in [0.1, 0.15) is 12.4 Å². The number of rotatable bonds is 5. The number of carbonyl (C=O) groups excluding carboxylic acids is 1. The number of amides is 2. The lowest BCUT2D eigenvalue weighted by molar-refractivity contribution is -0.0530.